The van der Waals surface area contributed by atoms with Crippen molar-refractivity contribution in [3.8, 4) is 5.75 Å². The number of halogens is 3. The number of alkyl halides is 3. The number of hydrogen-bond acceptors (Lipinski definition) is 6. The van der Waals surface area contributed by atoms with E-state index in [4.69, 9.17) is 9.47 Å². The Kier molecular flexibility index (Phi) is 13.5. The molecule has 0 aliphatic carbocycles. The second-order valence-electron chi connectivity index (χ2n) is 12.8. The van der Waals surface area contributed by atoms with Crippen molar-refractivity contribution in [2.24, 2.45) is 5.92 Å². The molecule has 1 heterocycles. The molecule has 4 rings (SSSR count). The highest BCUT2D eigenvalue weighted by Gasteiger charge is 2.31. The number of ether oxygens (including phenoxy) is 2. The third-order valence-corrected chi connectivity index (χ3v) is 8.57. The van der Waals surface area contributed by atoms with Gasteiger partial charge in [-0.3, -0.25) is 9.69 Å². The summed E-state index contributed by atoms with van der Waals surface area (Å²) >= 11 is 0. The van der Waals surface area contributed by atoms with Crippen LogP contribution in [0.5, 0.6) is 5.75 Å². The highest BCUT2D eigenvalue weighted by molar-refractivity contribution is 6.02. The van der Waals surface area contributed by atoms with Crippen LogP contribution < -0.4 is 15.4 Å². The third kappa shape index (κ3) is 11.2. The van der Waals surface area contributed by atoms with E-state index in [1.54, 1.807) is 24.0 Å². The maximum absolute atomic E-state index is 14.3. The second kappa shape index (κ2) is 17.5. The lowest BCUT2D eigenvalue weighted by atomic mass is 10.0. The van der Waals surface area contributed by atoms with Gasteiger partial charge in [0.2, 0.25) is 0 Å². The molecule has 12 heteroatoms. The number of likely N-dealkylation sites (N-methyl/N-ethyl adjacent to an activating group) is 1. The van der Waals surface area contributed by atoms with Gasteiger partial charge in [0.25, 0.3) is 5.91 Å². The summed E-state index contributed by atoms with van der Waals surface area (Å²) in [6.45, 7) is 7.74. The lowest BCUT2D eigenvalue weighted by molar-refractivity contribution is -0.137. The maximum Gasteiger partial charge on any atom is 0.416 e. The zero-order valence-corrected chi connectivity index (χ0v) is 28.5. The molecule has 4 atom stereocenters. The van der Waals surface area contributed by atoms with Crippen molar-refractivity contribution in [1.82, 2.24) is 9.80 Å². The minimum absolute atomic E-state index is 0.0989. The number of urea groups is 1. The van der Waals surface area contributed by atoms with Gasteiger partial charge in [-0.15, -0.1) is 0 Å². The van der Waals surface area contributed by atoms with Crippen LogP contribution in [0.1, 0.15) is 61.5 Å². The number of rotatable bonds is 8. The molecule has 0 saturated carbocycles. The summed E-state index contributed by atoms with van der Waals surface area (Å²) in [5, 5.41) is 15.4. The van der Waals surface area contributed by atoms with E-state index in [1.165, 1.54) is 11.6 Å². The molecule has 266 valence electrons. The van der Waals surface area contributed by atoms with Crippen molar-refractivity contribution in [1.29, 1.82) is 0 Å². The molecule has 49 heavy (non-hydrogen) atoms. The number of aliphatic hydroxyl groups excluding tert-OH is 1. The molecule has 0 bridgehead atoms. The Balaban J connectivity index is 1.57. The largest absolute Gasteiger partial charge is 0.490 e. The van der Waals surface area contributed by atoms with Crippen LogP contribution >= 0.6 is 0 Å². The fourth-order valence-corrected chi connectivity index (χ4v) is 5.77. The summed E-state index contributed by atoms with van der Waals surface area (Å²) in [5.74, 6) is -0.129. The molecule has 3 aromatic carbocycles. The van der Waals surface area contributed by atoms with Gasteiger partial charge in [0, 0.05) is 43.5 Å². The first-order chi connectivity index (χ1) is 23.3. The minimum atomic E-state index is -4.49. The van der Waals surface area contributed by atoms with Crippen molar-refractivity contribution in [2.45, 2.75) is 71.0 Å². The van der Waals surface area contributed by atoms with E-state index in [9.17, 15) is 27.9 Å². The quantitative estimate of drug-likeness (QED) is 0.231. The first-order valence-corrected chi connectivity index (χ1v) is 16.7. The van der Waals surface area contributed by atoms with Gasteiger partial charge in [-0.25, -0.2) is 4.79 Å². The van der Waals surface area contributed by atoms with E-state index >= 15 is 0 Å². The predicted molar refractivity (Wildman–Crippen MR) is 184 cm³/mol. The van der Waals surface area contributed by atoms with Gasteiger partial charge in [0.1, 0.15) is 5.75 Å². The number of benzene rings is 3. The fourth-order valence-electron chi connectivity index (χ4n) is 5.77. The number of fused-ring (bicyclic) bond motifs is 1. The van der Waals surface area contributed by atoms with Crippen LogP contribution in [0, 0.1) is 5.92 Å². The smallest absolute Gasteiger partial charge is 0.416 e. The summed E-state index contributed by atoms with van der Waals surface area (Å²) in [6.07, 6.45) is -2.45. The Labute approximate surface area is 286 Å². The molecule has 0 unspecified atom stereocenters. The van der Waals surface area contributed by atoms with Crippen molar-refractivity contribution in [3.63, 3.8) is 0 Å². The van der Waals surface area contributed by atoms with Gasteiger partial charge >= 0.3 is 12.2 Å². The van der Waals surface area contributed by atoms with E-state index in [0.29, 0.717) is 25.4 Å². The van der Waals surface area contributed by atoms with Gasteiger partial charge < -0.3 is 30.1 Å². The maximum atomic E-state index is 14.3. The number of nitrogens with zero attached hydrogens (tertiary/aromatic N) is 2. The number of carbonyl (C=O) groups is 2. The molecule has 3 amide bonds. The zero-order valence-electron chi connectivity index (χ0n) is 28.5. The summed E-state index contributed by atoms with van der Waals surface area (Å²) in [4.78, 5) is 31.0. The van der Waals surface area contributed by atoms with Gasteiger partial charge in [-0.1, -0.05) is 37.3 Å². The Morgan fingerprint density at radius 3 is 2.37 bits per heavy atom. The monoisotopic (exact) mass is 684 g/mol. The molecule has 9 nitrogen and oxygen atoms in total. The van der Waals surface area contributed by atoms with E-state index in [0.717, 1.165) is 50.1 Å². The fraction of sp³-hybridized carbons (Fsp3) is 0.459. The molecule has 0 spiro atoms. The van der Waals surface area contributed by atoms with Crippen LogP contribution in [0.25, 0.3) is 0 Å². The lowest BCUT2D eigenvalue weighted by Gasteiger charge is -2.36. The predicted octanol–water partition coefficient (Wildman–Crippen LogP) is 7.28. The van der Waals surface area contributed by atoms with Gasteiger partial charge in [-0.2, -0.15) is 13.2 Å². The molecule has 1 aliphatic heterocycles. The van der Waals surface area contributed by atoms with Crippen molar-refractivity contribution < 1.29 is 37.3 Å². The number of carbonyl (C=O) groups excluding carboxylic acids is 2. The van der Waals surface area contributed by atoms with Crippen molar-refractivity contribution in [2.75, 3.05) is 44.0 Å². The van der Waals surface area contributed by atoms with E-state index < -0.39 is 23.8 Å². The first kappa shape index (κ1) is 37.7. The average molecular weight is 685 g/mol. The molecule has 1 aliphatic rings. The van der Waals surface area contributed by atoms with Crippen molar-refractivity contribution in [3.05, 3.63) is 89.5 Å². The van der Waals surface area contributed by atoms with Gasteiger partial charge in [-0.05, 0) is 88.2 Å². The summed E-state index contributed by atoms with van der Waals surface area (Å²) in [7, 11) is 2.05. The van der Waals surface area contributed by atoms with Gasteiger partial charge in [0.15, 0.2) is 0 Å². The molecular formula is C37H47F3N4O5. The second-order valence-corrected chi connectivity index (χ2v) is 12.8. The van der Waals surface area contributed by atoms with Crippen LogP contribution in [0.15, 0.2) is 72.8 Å². The number of aliphatic hydroxyl groups is 1. The Bertz CT molecular complexity index is 1510. The molecular weight excluding hydrogens is 637 g/mol. The van der Waals surface area contributed by atoms with E-state index in [2.05, 4.69) is 27.7 Å². The van der Waals surface area contributed by atoms with Crippen LogP contribution in [0.4, 0.5) is 29.3 Å². The summed E-state index contributed by atoms with van der Waals surface area (Å²) in [6, 6.07) is 17.8. The van der Waals surface area contributed by atoms with Crippen LogP contribution in [-0.2, 0) is 17.5 Å². The van der Waals surface area contributed by atoms with Crippen LogP contribution in [0.3, 0.4) is 0 Å². The number of amides is 3. The third-order valence-electron chi connectivity index (χ3n) is 8.57. The topological polar surface area (TPSA) is 103 Å². The highest BCUT2D eigenvalue weighted by Crippen LogP contribution is 2.31. The van der Waals surface area contributed by atoms with E-state index in [1.807, 2.05) is 39.1 Å². The molecule has 0 fully saturated rings. The Hall–Kier alpha value is -4.13. The average Bonchev–Trinajstić information content (AvgIpc) is 3.06. The molecule has 0 aromatic heterocycles. The SMILES string of the molecule is C[C@@H]1CCCCO[C@@H](CN(C)Cc2ccccc2)[C@@H](C)CN([C@@H](C)CO)C(=O)c2cc(NC(=O)Nc3ccc(C(F)(F)F)cc3)ccc2O1. The molecule has 3 aromatic rings. The van der Waals surface area contributed by atoms with Gasteiger partial charge in [0.05, 0.1) is 36.0 Å². The molecule has 3 N–H and O–H groups in total. The summed E-state index contributed by atoms with van der Waals surface area (Å²) < 4.78 is 51.5. The number of nitrogens with one attached hydrogen (secondary N) is 2. The van der Waals surface area contributed by atoms with Crippen molar-refractivity contribution >= 4 is 23.3 Å². The molecule has 0 saturated heterocycles. The zero-order chi connectivity index (χ0) is 35.6. The highest BCUT2D eigenvalue weighted by atomic mass is 19.4. The normalized spacial score (nSPS) is 20.1. The summed E-state index contributed by atoms with van der Waals surface area (Å²) in [5.41, 5.74) is 1.02. The minimum Gasteiger partial charge on any atom is -0.490 e. The van der Waals surface area contributed by atoms with Crippen LogP contribution in [-0.4, -0.2) is 78.4 Å². The number of hydrogen-bond donors (Lipinski definition) is 3. The first-order valence-electron chi connectivity index (χ1n) is 16.7. The van der Waals surface area contributed by atoms with Crippen LogP contribution in [0.2, 0.25) is 0 Å². The van der Waals surface area contributed by atoms with E-state index in [-0.39, 0.29) is 47.6 Å². The lowest BCUT2D eigenvalue weighted by Crippen LogP contribution is -2.47. The Morgan fingerprint density at radius 1 is 1.02 bits per heavy atom. The standard InChI is InChI=1S/C37H47F3N4O5/c1-25-21-44(26(2)24-45)35(46)32-20-31(42-36(47)41-30-15-13-29(14-16-30)37(38,39)40)17-18-33(32)49-27(3)10-8-9-19-48-34(25)23-43(4)22-28-11-6-5-7-12-28/h5-7,11-18,20,25-27,34,45H,8-10,19,21-24H2,1-4H3,(H2,41,42,47)/t25-,26-,27+,34-/m0/s1. The number of anilines is 2. The Morgan fingerprint density at radius 2 is 1.69 bits per heavy atom. The molecule has 0 radical (unpaired) electrons.